The van der Waals surface area contributed by atoms with Crippen LogP contribution in [0.5, 0.6) is 0 Å². The monoisotopic (exact) mass is 317 g/mol. The maximum Gasteiger partial charge on any atom is 0.263 e. The summed E-state index contributed by atoms with van der Waals surface area (Å²) in [5.41, 5.74) is 2.56. The second-order valence-electron chi connectivity index (χ2n) is 6.16. The second-order valence-corrected chi connectivity index (χ2v) is 6.16. The van der Waals surface area contributed by atoms with Crippen LogP contribution in [0.15, 0.2) is 67.0 Å². The van der Waals surface area contributed by atoms with Gasteiger partial charge in [-0.2, -0.15) is 0 Å². The molecule has 0 bridgehead atoms. The number of carbonyl (C=O) groups excluding carboxylic acids is 1. The Hall–Kier alpha value is -2.72. The van der Waals surface area contributed by atoms with E-state index in [1.54, 1.807) is 10.8 Å². The van der Waals surface area contributed by atoms with E-state index in [2.05, 4.69) is 35.1 Å². The zero-order valence-corrected chi connectivity index (χ0v) is 13.6. The number of nitrogens with zero attached hydrogens (tertiary/aromatic N) is 3. The summed E-state index contributed by atoms with van der Waals surface area (Å²) in [5, 5.41) is 1.05. The van der Waals surface area contributed by atoms with Crippen molar-refractivity contribution in [3.8, 4) is 0 Å². The minimum atomic E-state index is -0.0421. The third-order valence-electron chi connectivity index (χ3n) is 4.64. The number of likely N-dealkylation sites (N-methyl/N-ethyl adjacent to an activating group) is 1. The number of hydrogen-bond donors (Lipinski definition) is 0. The quantitative estimate of drug-likeness (QED) is 0.677. The molecule has 0 spiro atoms. The van der Waals surface area contributed by atoms with Gasteiger partial charge in [-0.05, 0) is 43.3 Å². The van der Waals surface area contributed by atoms with Crippen molar-refractivity contribution in [1.29, 1.82) is 0 Å². The van der Waals surface area contributed by atoms with E-state index in [1.807, 2.05) is 42.6 Å². The first-order chi connectivity index (χ1) is 11.8. The molecular formula is C20H19N3O. The molecule has 0 saturated carbocycles. The molecule has 0 fully saturated rings. The molecule has 0 aliphatic carbocycles. The van der Waals surface area contributed by atoms with Crippen LogP contribution in [0.3, 0.4) is 0 Å². The van der Waals surface area contributed by atoms with Crippen molar-refractivity contribution in [2.75, 3.05) is 13.6 Å². The van der Waals surface area contributed by atoms with Gasteiger partial charge in [-0.1, -0.05) is 30.4 Å². The largest absolute Gasteiger partial charge is 0.295 e. The van der Waals surface area contributed by atoms with Gasteiger partial charge >= 0.3 is 0 Å². The first-order valence-corrected chi connectivity index (χ1v) is 8.16. The fraction of sp³-hybridized carbons (Fsp3) is 0.200. The summed E-state index contributed by atoms with van der Waals surface area (Å²) in [6.45, 7) is 0.921. The van der Waals surface area contributed by atoms with Gasteiger partial charge in [-0.15, -0.1) is 0 Å². The first-order valence-electron chi connectivity index (χ1n) is 8.16. The van der Waals surface area contributed by atoms with Gasteiger partial charge in [0.1, 0.15) is 5.65 Å². The Labute approximate surface area is 141 Å². The SMILES string of the molecule is CN1CC=CCC1c1cn(C(=O)c2ccccc2)c2ncccc12. The van der Waals surface area contributed by atoms with E-state index >= 15 is 0 Å². The highest BCUT2D eigenvalue weighted by Gasteiger charge is 2.24. The van der Waals surface area contributed by atoms with Crippen molar-refractivity contribution in [1.82, 2.24) is 14.5 Å². The van der Waals surface area contributed by atoms with Gasteiger partial charge in [0.05, 0.1) is 0 Å². The van der Waals surface area contributed by atoms with Crippen LogP contribution < -0.4 is 0 Å². The number of aromatic nitrogens is 2. The summed E-state index contributed by atoms with van der Waals surface area (Å²) in [6, 6.07) is 13.6. The van der Waals surface area contributed by atoms with Crippen molar-refractivity contribution in [3.05, 3.63) is 78.1 Å². The summed E-state index contributed by atoms with van der Waals surface area (Å²) in [7, 11) is 2.12. The number of hydrogen-bond acceptors (Lipinski definition) is 3. The molecular weight excluding hydrogens is 298 g/mol. The van der Waals surface area contributed by atoms with Crippen molar-refractivity contribution in [3.63, 3.8) is 0 Å². The number of benzene rings is 1. The third-order valence-corrected chi connectivity index (χ3v) is 4.64. The van der Waals surface area contributed by atoms with Crippen LogP contribution in [0.2, 0.25) is 0 Å². The molecule has 4 nitrogen and oxygen atoms in total. The predicted molar refractivity (Wildman–Crippen MR) is 95.0 cm³/mol. The summed E-state index contributed by atoms with van der Waals surface area (Å²) < 4.78 is 1.69. The van der Waals surface area contributed by atoms with E-state index in [1.165, 1.54) is 0 Å². The number of carbonyl (C=O) groups is 1. The highest BCUT2D eigenvalue weighted by Crippen LogP contribution is 2.33. The number of fused-ring (bicyclic) bond motifs is 1. The molecule has 1 aromatic carbocycles. The summed E-state index contributed by atoms with van der Waals surface area (Å²) in [5.74, 6) is -0.0421. The van der Waals surface area contributed by atoms with Crippen LogP contribution in [0.4, 0.5) is 0 Å². The van der Waals surface area contributed by atoms with Crippen LogP contribution in [0, 0.1) is 0 Å². The molecule has 2 aromatic heterocycles. The van der Waals surface area contributed by atoms with Gasteiger partial charge in [-0.3, -0.25) is 14.3 Å². The van der Waals surface area contributed by atoms with Crippen LogP contribution in [0.25, 0.3) is 11.0 Å². The Morgan fingerprint density at radius 1 is 1.12 bits per heavy atom. The first kappa shape index (κ1) is 14.8. The lowest BCUT2D eigenvalue weighted by molar-refractivity contribution is 0.0964. The summed E-state index contributed by atoms with van der Waals surface area (Å²) in [4.78, 5) is 19.7. The summed E-state index contributed by atoms with van der Waals surface area (Å²) in [6.07, 6.45) is 9.05. The summed E-state index contributed by atoms with van der Waals surface area (Å²) >= 11 is 0. The highest BCUT2D eigenvalue weighted by atomic mass is 16.2. The molecule has 1 aliphatic rings. The van der Waals surface area contributed by atoms with Crippen LogP contribution in [-0.4, -0.2) is 34.0 Å². The number of rotatable bonds is 2. The lowest BCUT2D eigenvalue weighted by atomic mass is 10.00. The fourth-order valence-corrected chi connectivity index (χ4v) is 3.36. The van der Waals surface area contributed by atoms with Gasteiger partial charge in [-0.25, -0.2) is 4.98 Å². The average Bonchev–Trinajstić information content (AvgIpc) is 3.02. The lowest BCUT2D eigenvalue weighted by Gasteiger charge is -2.29. The Morgan fingerprint density at radius 2 is 1.96 bits per heavy atom. The Balaban J connectivity index is 1.86. The van der Waals surface area contributed by atoms with Gasteiger partial charge in [0.15, 0.2) is 0 Å². The standard InChI is InChI=1S/C20H19N3O/c1-22-13-6-5-11-18(22)17-14-23(19-16(17)10-7-12-21-19)20(24)15-8-3-2-4-9-15/h2-10,12,14,18H,11,13H2,1H3. The normalized spacial score (nSPS) is 18.1. The molecule has 0 saturated heterocycles. The average molecular weight is 317 g/mol. The molecule has 1 aliphatic heterocycles. The third kappa shape index (κ3) is 2.45. The van der Waals surface area contributed by atoms with E-state index in [0.717, 1.165) is 29.6 Å². The van der Waals surface area contributed by atoms with E-state index in [-0.39, 0.29) is 11.9 Å². The van der Waals surface area contributed by atoms with Crippen molar-refractivity contribution in [2.45, 2.75) is 12.5 Å². The van der Waals surface area contributed by atoms with Crippen LogP contribution >= 0.6 is 0 Å². The van der Waals surface area contributed by atoms with Gasteiger partial charge in [0, 0.05) is 35.9 Å². The molecule has 4 rings (SSSR count). The smallest absolute Gasteiger partial charge is 0.263 e. The topological polar surface area (TPSA) is 38.1 Å². The maximum absolute atomic E-state index is 12.9. The minimum absolute atomic E-state index is 0.0421. The van der Waals surface area contributed by atoms with Crippen molar-refractivity contribution >= 4 is 16.9 Å². The van der Waals surface area contributed by atoms with Crippen LogP contribution in [-0.2, 0) is 0 Å². The second kappa shape index (κ2) is 6.06. The Kier molecular flexibility index (Phi) is 3.75. The Bertz CT molecular complexity index is 911. The molecule has 0 N–H and O–H groups in total. The number of pyridine rings is 1. The van der Waals surface area contributed by atoms with Crippen molar-refractivity contribution in [2.24, 2.45) is 0 Å². The molecule has 3 heterocycles. The molecule has 4 heteroatoms. The Morgan fingerprint density at radius 3 is 2.75 bits per heavy atom. The molecule has 0 radical (unpaired) electrons. The van der Waals surface area contributed by atoms with Crippen molar-refractivity contribution < 1.29 is 4.79 Å². The van der Waals surface area contributed by atoms with Gasteiger partial charge in [0.2, 0.25) is 0 Å². The molecule has 120 valence electrons. The molecule has 24 heavy (non-hydrogen) atoms. The fourth-order valence-electron chi connectivity index (χ4n) is 3.36. The van der Waals surface area contributed by atoms with Gasteiger partial charge in [0.25, 0.3) is 5.91 Å². The minimum Gasteiger partial charge on any atom is -0.295 e. The van der Waals surface area contributed by atoms with Gasteiger partial charge < -0.3 is 0 Å². The zero-order valence-electron chi connectivity index (χ0n) is 13.6. The lowest BCUT2D eigenvalue weighted by Crippen LogP contribution is -2.26. The van der Waals surface area contributed by atoms with E-state index in [9.17, 15) is 4.79 Å². The molecule has 1 atom stereocenters. The van der Waals surface area contributed by atoms with E-state index < -0.39 is 0 Å². The predicted octanol–water partition coefficient (Wildman–Crippen LogP) is 3.66. The van der Waals surface area contributed by atoms with E-state index in [4.69, 9.17) is 0 Å². The zero-order chi connectivity index (χ0) is 16.5. The molecule has 0 amide bonds. The molecule has 1 unspecified atom stereocenters. The highest BCUT2D eigenvalue weighted by molar-refractivity contribution is 6.02. The molecule has 3 aromatic rings. The maximum atomic E-state index is 12.9. The van der Waals surface area contributed by atoms with E-state index in [0.29, 0.717) is 5.56 Å². The van der Waals surface area contributed by atoms with Crippen LogP contribution in [0.1, 0.15) is 28.4 Å².